The first-order valence-electron chi connectivity index (χ1n) is 5.17. The highest BCUT2D eigenvalue weighted by molar-refractivity contribution is 6.32. The molecule has 86 valence electrons. The van der Waals surface area contributed by atoms with Crippen LogP contribution in [0.4, 0.5) is 0 Å². The first-order chi connectivity index (χ1) is 7.10. The van der Waals surface area contributed by atoms with Gasteiger partial charge in [0, 0.05) is 25.7 Å². The lowest BCUT2D eigenvalue weighted by atomic mass is 10.1. The van der Waals surface area contributed by atoms with Crippen molar-refractivity contribution in [3.63, 3.8) is 0 Å². The fourth-order valence-corrected chi connectivity index (χ4v) is 1.79. The van der Waals surface area contributed by atoms with Crippen molar-refractivity contribution in [2.45, 2.75) is 19.4 Å². The van der Waals surface area contributed by atoms with Gasteiger partial charge in [-0.2, -0.15) is 0 Å². The Balaban J connectivity index is 2.58. The number of likely N-dealkylation sites (N-methyl/N-ethyl adjacent to an activating group) is 1. The molecule has 0 saturated carbocycles. The number of hydrogen-bond acceptors (Lipinski definition) is 4. The van der Waals surface area contributed by atoms with Crippen molar-refractivity contribution in [2.24, 2.45) is 0 Å². The van der Waals surface area contributed by atoms with Crippen LogP contribution in [0.2, 0.25) is 0 Å². The monoisotopic (exact) mass is 214 g/mol. The maximum atomic E-state index is 11.5. The number of amides is 1. The summed E-state index contributed by atoms with van der Waals surface area (Å²) < 4.78 is 4.42. The molecule has 0 aliphatic carbocycles. The predicted octanol–water partition coefficient (Wildman–Crippen LogP) is -0.288. The Bertz CT molecular complexity index is 255. The Morgan fingerprint density at radius 1 is 1.40 bits per heavy atom. The molecule has 1 saturated heterocycles. The molecule has 1 heterocycles. The van der Waals surface area contributed by atoms with Gasteiger partial charge in [0.15, 0.2) is 0 Å². The SMILES string of the molecule is CCC1CN(C(=O)C(=O)OC)CCN1C. The fourth-order valence-electron chi connectivity index (χ4n) is 1.79. The van der Waals surface area contributed by atoms with E-state index in [1.807, 2.05) is 7.05 Å². The normalized spacial score (nSPS) is 22.6. The summed E-state index contributed by atoms with van der Waals surface area (Å²) in [5.41, 5.74) is 0. The lowest BCUT2D eigenvalue weighted by molar-refractivity contribution is -0.159. The van der Waals surface area contributed by atoms with Gasteiger partial charge in [0.05, 0.1) is 7.11 Å². The second-order valence-corrected chi connectivity index (χ2v) is 3.79. The molecule has 0 aromatic heterocycles. The molecule has 1 aliphatic heterocycles. The number of piperazine rings is 1. The third kappa shape index (κ3) is 2.68. The van der Waals surface area contributed by atoms with Crippen molar-refractivity contribution in [3.8, 4) is 0 Å². The lowest BCUT2D eigenvalue weighted by Gasteiger charge is -2.38. The highest BCUT2D eigenvalue weighted by Crippen LogP contribution is 2.10. The van der Waals surface area contributed by atoms with Crippen molar-refractivity contribution < 1.29 is 14.3 Å². The van der Waals surface area contributed by atoms with Crippen LogP contribution in [0.15, 0.2) is 0 Å². The zero-order valence-electron chi connectivity index (χ0n) is 9.52. The summed E-state index contributed by atoms with van der Waals surface area (Å²) in [4.78, 5) is 26.4. The molecule has 1 amide bonds. The van der Waals surface area contributed by atoms with E-state index in [9.17, 15) is 9.59 Å². The number of rotatable bonds is 1. The summed E-state index contributed by atoms with van der Waals surface area (Å²) in [7, 11) is 3.27. The molecule has 0 aromatic carbocycles. The lowest BCUT2D eigenvalue weighted by Crippen LogP contribution is -2.54. The summed E-state index contributed by atoms with van der Waals surface area (Å²) in [6.07, 6.45) is 0.974. The average Bonchev–Trinajstić information content (AvgIpc) is 2.27. The fraction of sp³-hybridized carbons (Fsp3) is 0.800. The number of carbonyl (C=O) groups excluding carboxylic acids is 2. The standard InChI is InChI=1S/C10H18N2O3/c1-4-8-7-12(6-5-11(8)2)9(13)10(14)15-3/h8H,4-7H2,1-3H3. The van der Waals surface area contributed by atoms with Gasteiger partial charge in [-0.15, -0.1) is 0 Å². The minimum atomic E-state index is -0.769. The number of ether oxygens (including phenoxy) is 1. The predicted molar refractivity (Wildman–Crippen MR) is 55.3 cm³/mol. The second kappa shape index (κ2) is 5.11. The molecule has 15 heavy (non-hydrogen) atoms. The molecular weight excluding hydrogens is 196 g/mol. The largest absolute Gasteiger partial charge is 0.462 e. The Kier molecular flexibility index (Phi) is 4.08. The van der Waals surface area contributed by atoms with E-state index in [-0.39, 0.29) is 0 Å². The molecule has 0 spiro atoms. The van der Waals surface area contributed by atoms with Gasteiger partial charge < -0.3 is 9.64 Å². The minimum absolute atomic E-state index is 0.340. The van der Waals surface area contributed by atoms with Gasteiger partial charge >= 0.3 is 11.9 Å². The Morgan fingerprint density at radius 2 is 2.07 bits per heavy atom. The third-order valence-electron chi connectivity index (χ3n) is 2.90. The van der Waals surface area contributed by atoms with Gasteiger partial charge in [0.1, 0.15) is 0 Å². The molecule has 1 aliphatic rings. The van der Waals surface area contributed by atoms with Crippen LogP contribution in [0.3, 0.4) is 0 Å². The Labute approximate surface area is 90.0 Å². The van der Waals surface area contributed by atoms with E-state index in [4.69, 9.17) is 0 Å². The van der Waals surface area contributed by atoms with E-state index in [1.54, 1.807) is 4.90 Å². The summed E-state index contributed by atoms with van der Waals surface area (Å²) in [5.74, 6) is -1.29. The number of hydrogen-bond donors (Lipinski definition) is 0. The maximum Gasteiger partial charge on any atom is 0.396 e. The molecule has 1 fully saturated rings. The molecule has 0 N–H and O–H groups in total. The second-order valence-electron chi connectivity index (χ2n) is 3.79. The quantitative estimate of drug-likeness (QED) is 0.444. The Morgan fingerprint density at radius 3 is 2.60 bits per heavy atom. The minimum Gasteiger partial charge on any atom is -0.462 e. The summed E-state index contributed by atoms with van der Waals surface area (Å²) in [6.45, 7) is 4.09. The molecule has 0 radical (unpaired) electrons. The molecule has 1 unspecified atom stereocenters. The molecule has 5 heteroatoms. The first kappa shape index (κ1) is 12.0. The van der Waals surface area contributed by atoms with Crippen LogP contribution in [-0.4, -0.2) is 61.5 Å². The number of esters is 1. The van der Waals surface area contributed by atoms with Crippen LogP contribution >= 0.6 is 0 Å². The van der Waals surface area contributed by atoms with Gasteiger partial charge in [-0.1, -0.05) is 6.92 Å². The van der Waals surface area contributed by atoms with E-state index >= 15 is 0 Å². The van der Waals surface area contributed by atoms with Crippen LogP contribution in [-0.2, 0) is 14.3 Å². The van der Waals surface area contributed by atoms with Gasteiger partial charge in [-0.05, 0) is 13.5 Å². The van der Waals surface area contributed by atoms with Gasteiger partial charge in [0.2, 0.25) is 0 Å². The van der Waals surface area contributed by atoms with Gasteiger partial charge in [0.25, 0.3) is 0 Å². The van der Waals surface area contributed by atoms with E-state index in [0.29, 0.717) is 19.1 Å². The molecule has 0 bridgehead atoms. The van der Waals surface area contributed by atoms with Crippen LogP contribution in [0.5, 0.6) is 0 Å². The van der Waals surface area contributed by atoms with Crippen LogP contribution in [0.1, 0.15) is 13.3 Å². The van der Waals surface area contributed by atoms with Gasteiger partial charge in [-0.25, -0.2) is 4.79 Å². The number of carbonyl (C=O) groups is 2. The summed E-state index contributed by atoms with van der Waals surface area (Å²) in [5, 5.41) is 0. The smallest absolute Gasteiger partial charge is 0.396 e. The van der Waals surface area contributed by atoms with Crippen LogP contribution < -0.4 is 0 Å². The van der Waals surface area contributed by atoms with Gasteiger partial charge in [-0.3, -0.25) is 9.69 Å². The summed E-state index contributed by atoms with van der Waals surface area (Å²) in [6, 6.07) is 0.340. The first-order valence-corrected chi connectivity index (χ1v) is 5.17. The zero-order valence-corrected chi connectivity index (χ0v) is 9.52. The van der Waals surface area contributed by atoms with Crippen LogP contribution in [0.25, 0.3) is 0 Å². The average molecular weight is 214 g/mol. The van der Waals surface area contributed by atoms with Crippen molar-refractivity contribution in [2.75, 3.05) is 33.8 Å². The zero-order chi connectivity index (χ0) is 11.4. The number of methoxy groups -OCH3 is 1. The molecular formula is C10H18N2O3. The van der Waals surface area contributed by atoms with E-state index < -0.39 is 11.9 Å². The van der Waals surface area contributed by atoms with E-state index in [0.717, 1.165) is 13.0 Å². The molecule has 1 atom stereocenters. The molecule has 1 rings (SSSR count). The van der Waals surface area contributed by atoms with Crippen molar-refractivity contribution in [1.29, 1.82) is 0 Å². The van der Waals surface area contributed by atoms with E-state index in [2.05, 4.69) is 16.6 Å². The third-order valence-corrected chi connectivity index (χ3v) is 2.90. The molecule has 0 aromatic rings. The highest BCUT2D eigenvalue weighted by Gasteiger charge is 2.29. The van der Waals surface area contributed by atoms with Crippen molar-refractivity contribution in [3.05, 3.63) is 0 Å². The van der Waals surface area contributed by atoms with E-state index in [1.165, 1.54) is 7.11 Å². The summed E-state index contributed by atoms with van der Waals surface area (Å²) >= 11 is 0. The van der Waals surface area contributed by atoms with Crippen molar-refractivity contribution >= 4 is 11.9 Å². The topological polar surface area (TPSA) is 49.9 Å². The molecule has 5 nitrogen and oxygen atoms in total. The highest BCUT2D eigenvalue weighted by atomic mass is 16.5. The van der Waals surface area contributed by atoms with Crippen molar-refractivity contribution in [1.82, 2.24) is 9.80 Å². The number of nitrogens with zero attached hydrogens (tertiary/aromatic N) is 2. The maximum absolute atomic E-state index is 11.5. The Hall–Kier alpha value is -1.10. The van der Waals surface area contributed by atoms with Crippen LogP contribution in [0, 0.1) is 0 Å².